The summed E-state index contributed by atoms with van der Waals surface area (Å²) in [6, 6.07) is 22.0. The summed E-state index contributed by atoms with van der Waals surface area (Å²) in [7, 11) is 1.54. The molecule has 4 rings (SSSR count). The van der Waals surface area contributed by atoms with Crippen molar-refractivity contribution in [2.75, 3.05) is 25.2 Å². The summed E-state index contributed by atoms with van der Waals surface area (Å²) in [6.45, 7) is -0.773. The van der Waals surface area contributed by atoms with Crippen molar-refractivity contribution in [2.24, 2.45) is 0 Å². The summed E-state index contributed by atoms with van der Waals surface area (Å²) in [5.41, 5.74) is 4.07. The molecular weight excluding hydrogens is 420 g/mol. The van der Waals surface area contributed by atoms with Crippen LogP contribution in [0.5, 0.6) is 5.75 Å². The number of rotatable bonds is 6. The van der Waals surface area contributed by atoms with E-state index in [9.17, 15) is 14.4 Å². The van der Waals surface area contributed by atoms with Crippen molar-refractivity contribution in [3.05, 3.63) is 89.5 Å². The molecule has 3 aromatic rings. The molecule has 1 N–H and O–H groups in total. The van der Waals surface area contributed by atoms with Gasteiger partial charge in [0.25, 0.3) is 11.8 Å². The third-order valence-electron chi connectivity index (χ3n) is 5.48. The molecule has 168 valence electrons. The minimum atomic E-state index is -0.693. The number of anilines is 2. The standard InChI is InChI=1S/C26H24N2O5/c1-32-21-14-12-20(13-15-21)26(31)27-16-25(30)33-17-24(29)28-22-8-4-2-6-18(22)10-11-19-7-3-5-9-23(19)28/h2-9,12-15H,10-11,16-17H2,1H3,(H,27,31). The van der Waals surface area contributed by atoms with Gasteiger partial charge in [-0.1, -0.05) is 36.4 Å². The highest BCUT2D eigenvalue weighted by Crippen LogP contribution is 2.35. The van der Waals surface area contributed by atoms with E-state index in [-0.39, 0.29) is 12.5 Å². The number of amides is 2. The fraction of sp³-hybridized carbons (Fsp3) is 0.192. The Hall–Kier alpha value is -4.13. The van der Waals surface area contributed by atoms with Gasteiger partial charge in [-0.3, -0.25) is 19.3 Å². The van der Waals surface area contributed by atoms with Crippen molar-refractivity contribution in [3.63, 3.8) is 0 Å². The van der Waals surface area contributed by atoms with Crippen LogP contribution in [-0.2, 0) is 27.2 Å². The lowest BCUT2D eigenvalue weighted by Gasteiger charge is -2.24. The molecule has 1 aliphatic heterocycles. The van der Waals surface area contributed by atoms with Gasteiger partial charge in [0.05, 0.1) is 18.5 Å². The van der Waals surface area contributed by atoms with E-state index in [1.54, 1.807) is 29.2 Å². The molecule has 0 aliphatic carbocycles. The second kappa shape index (κ2) is 9.99. The van der Waals surface area contributed by atoms with E-state index in [1.165, 1.54) is 7.11 Å². The Bertz CT molecular complexity index is 1130. The average Bonchev–Trinajstić information content (AvgIpc) is 3.03. The lowest BCUT2D eigenvalue weighted by Crippen LogP contribution is -2.35. The summed E-state index contributed by atoms with van der Waals surface area (Å²) in [5, 5.41) is 2.50. The van der Waals surface area contributed by atoms with Crippen LogP contribution in [0, 0.1) is 0 Å². The second-order valence-electron chi connectivity index (χ2n) is 7.56. The maximum Gasteiger partial charge on any atom is 0.325 e. The highest BCUT2D eigenvalue weighted by Gasteiger charge is 2.26. The second-order valence-corrected chi connectivity index (χ2v) is 7.56. The van der Waals surface area contributed by atoms with Gasteiger partial charge in [0, 0.05) is 5.56 Å². The van der Waals surface area contributed by atoms with E-state index in [0.717, 1.165) is 35.3 Å². The third-order valence-corrected chi connectivity index (χ3v) is 5.48. The Balaban J connectivity index is 1.39. The van der Waals surface area contributed by atoms with E-state index < -0.39 is 18.5 Å². The highest BCUT2D eigenvalue weighted by atomic mass is 16.5. The minimum absolute atomic E-state index is 0.342. The first kappa shape index (κ1) is 22.1. The minimum Gasteiger partial charge on any atom is -0.497 e. The van der Waals surface area contributed by atoms with Crippen LogP contribution in [0.15, 0.2) is 72.8 Å². The van der Waals surface area contributed by atoms with Gasteiger partial charge in [0.15, 0.2) is 6.61 Å². The molecule has 2 amide bonds. The molecule has 33 heavy (non-hydrogen) atoms. The number of carbonyl (C=O) groups is 3. The van der Waals surface area contributed by atoms with Crippen LogP contribution in [0.25, 0.3) is 0 Å². The molecule has 0 aromatic heterocycles. The van der Waals surface area contributed by atoms with Gasteiger partial charge in [0.2, 0.25) is 0 Å². The van der Waals surface area contributed by atoms with Crippen molar-refractivity contribution < 1.29 is 23.9 Å². The number of nitrogens with zero attached hydrogens (tertiary/aromatic N) is 1. The first-order valence-electron chi connectivity index (χ1n) is 10.6. The molecular formula is C26H24N2O5. The Morgan fingerprint density at radius 2 is 1.42 bits per heavy atom. The third kappa shape index (κ3) is 5.03. The van der Waals surface area contributed by atoms with Crippen molar-refractivity contribution in [2.45, 2.75) is 12.8 Å². The summed E-state index contributed by atoms with van der Waals surface area (Å²) >= 11 is 0. The summed E-state index contributed by atoms with van der Waals surface area (Å²) < 4.78 is 10.2. The number of methoxy groups -OCH3 is 1. The molecule has 0 atom stereocenters. The van der Waals surface area contributed by atoms with Crippen molar-refractivity contribution in [3.8, 4) is 5.75 Å². The predicted molar refractivity (Wildman–Crippen MR) is 124 cm³/mol. The van der Waals surface area contributed by atoms with Crippen LogP contribution in [0.3, 0.4) is 0 Å². The zero-order valence-corrected chi connectivity index (χ0v) is 18.2. The number of carbonyl (C=O) groups excluding carboxylic acids is 3. The molecule has 0 bridgehead atoms. The first-order valence-corrected chi connectivity index (χ1v) is 10.6. The number of hydrogen-bond donors (Lipinski definition) is 1. The molecule has 3 aromatic carbocycles. The van der Waals surface area contributed by atoms with Crippen LogP contribution in [0.2, 0.25) is 0 Å². The maximum absolute atomic E-state index is 13.2. The molecule has 0 radical (unpaired) electrons. The van der Waals surface area contributed by atoms with Crippen LogP contribution in [-0.4, -0.2) is 38.0 Å². The number of esters is 1. The Morgan fingerprint density at radius 1 is 0.848 bits per heavy atom. The van der Waals surface area contributed by atoms with E-state index in [2.05, 4.69) is 5.32 Å². The van der Waals surface area contributed by atoms with E-state index in [0.29, 0.717) is 11.3 Å². The number of hydrogen-bond acceptors (Lipinski definition) is 5. The van der Waals surface area contributed by atoms with Crippen molar-refractivity contribution >= 4 is 29.2 Å². The van der Waals surface area contributed by atoms with Gasteiger partial charge < -0.3 is 14.8 Å². The van der Waals surface area contributed by atoms with Crippen LogP contribution >= 0.6 is 0 Å². The quantitative estimate of drug-likeness (QED) is 0.589. The van der Waals surface area contributed by atoms with Gasteiger partial charge in [-0.15, -0.1) is 0 Å². The van der Waals surface area contributed by atoms with E-state index in [4.69, 9.17) is 9.47 Å². The van der Waals surface area contributed by atoms with Gasteiger partial charge in [-0.2, -0.15) is 0 Å². The fourth-order valence-corrected chi connectivity index (χ4v) is 3.80. The number of ether oxygens (including phenoxy) is 2. The van der Waals surface area contributed by atoms with Crippen LogP contribution in [0.1, 0.15) is 21.5 Å². The van der Waals surface area contributed by atoms with Crippen LogP contribution in [0.4, 0.5) is 11.4 Å². The van der Waals surface area contributed by atoms with Crippen molar-refractivity contribution in [1.29, 1.82) is 0 Å². The fourth-order valence-electron chi connectivity index (χ4n) is 3.80. The first-order chi connectivity index (χ1) is 16.1. The van der Waals surface area contributed by atoms with Gasteiger partial charge in [-0.05, 0) is 60.4 Å². The molecule has 0 spiro atoms. The monoisotopic (exact) mass is 444 g/mol. The zero-order valence-electron chi connectivity index (χ0n) is 18.2. The lowest BCUT2D eigenvalue weighted by atomic mass is 10.0. The largest absolute Gasteiger partial charge is 0.497 e. The molecule has 0 unspecified atom stereocenters. The number of benzene rings is 3. The SMILES string of the molecule is COc1ccc(C(=O)NCC(=O)OCC(=O)N2c3ccccc3CCc3ccccc32)cc1. The highest BCUT2D eigenvalue weighted by molar-refractivity contribution is 6.03. The molecule has 1 heterocycles. The smallest absolute Gasteiger partial charge is 0.325 e. The topological polar surface area (TPSA) is 84.9 Å². The van der Waals surface area contributed by atoms with E-state index >= 15 is 0 Å². The van der Waals surface area contributed by atoms with Gasteiger partial charge >= 0.3 is 5.97 Å². The van der Waals surface area contributed by atoms with Crippen LogP contribution < -0.4 is 15.0 Å². The van der Waals surface area contributed by atoms with Gasteiger partial charge in [0.1, 0.15) is 12.3 Å². The average molecular weight is 444 g/mol. The maximum atomic E-state index is 13.2. The molecule has 1 aliphatic rings. The number of para-hydroxylation sites is 2. The summed E-state index contributed by atoms with van der Waals surface area (Å²) in [5.74, 6) is -0.842. The predicted octanol–water partition coefficient (Wildman–Crippen LogP) is 3.43. The van der Waals surface area contributed by atoms with E-state index in [1.807, 2.05) is 48.5 Å². The Kier molecular flexibility index (Phi) is 6.69. The Morgan fingerprint density at radius 3 is 2.00 bits per heavy atom. The number of fused-ring (bicyclic) bond motifs is 2. The summed E-state index contributed by atoms with van der Waals surface area (Å²) in [4.78, 5) is 39.2. The molecule has 0 saturated carbocycles. The Labute approximate surface area is 191 Å². The van der Waals surface area contributed by atoms with Gasteiger partial charge in [-0.25, -0.2) is 0 Å². The molecule has 7 heteroatoms. The zero-order chi connectivity index (χ0) is 23.2. The lowest BCUT2D eigenvalue weighted by molar-refractivity contribution is -0.146. The summed E-state index contributed by atoms with van der Waals surface area (Å²) in [6.07, 6.45) is 1.63. The molecule has 0 fully saturated rings. The molecule has 7 nitrogen and oxygen atoms in total. The van der Waals surface area contributed by atoms with Crippen molar-refractivity contribution in [1.82, 2.24) is 5.32 Å². The normalized spacial score (nSPS) is 12.1. The number of aryl methyl sites for hydroxylation is 2. The molecule has 0 saturated heterocycles. The number of nitrogens with one attached hydrogen (secondary N) is 1.